The number of aryl methyl sites for hydroxylation is 1. The fourth-order valence-corrected chi connectivity index (χ4v) is 2.96. The summed E-state index contributed by atoms with van der Waals surface area (Å²) in [6, 6.07) is 11.9. The van der Waals surface area contributed by atoms with Gasteiger partial charge in [0.25, 0.3) is 0 Å². The van der Waals surface area contributed by atoms with Gasteiger partial charge in [0.15, 0.2) is 5.11 Å². The summed E-state index contributed by atoms with van der Waals surface area (Å²) in [6.07, 6.45) is 0.801. The van der Waals surface area contributed by atoms with Gasteiger partial charge in [0.2, 0.25) is 0 Å². The number of ether oxygens (including phenoxy) is 2. The van der Waals surface area contributed by atoms with E-state index in [9.17, 15) is 0 Å². The molecule has 6 heteroatoms. The third kappa shape index (κ3) is 5.11. The SMILES string of the molecule is COc1ccc(Br)cc1CCNC(=S)Nc1cc(C)ccc1OC. The molecular formula is C18H21BrN2O2S. The maximum atomic E-state index is 5.38. The van der Waals surface area contributed by atoms with E-state index in [1.807, 2.05) is 37.3 Å². The van der Waals surface area contributed by atoms with Crippen LogP contribution in [-0.2, 0) is 6.42 Å². The molecule has 24 heavy (non-hydrogen) atoms. The summed E-state index contributed by atoms with van der Waals surface area (Å²) >= 11 is 8.86. The van der Waals surface area contributed by atoms with Gasteiger partial charge in [0.1, 0.15) is 11.5 Å². The van der Waals surface area contributed by atoms with Crippen LogP contribution in [0, 0.1) is 6.92 Å². The van der Waals surface area contributed by atoms with Gasteiger partial charge in [-0.1, -0.05) is 22.0 Å². The van der Waals surface area contributed by atoms with Crippen LogP contribution in [0.1, 0.15) is 11.1 Å². The largest absolute Gasteiger partial charge is 0.496 e. The van der Waals surface area contributed by atoms with Gasteiger partial charge in [-0.2, -0.15) is 0 Å². The molecule has 0 spiro atoms. The fourth-order valence-electron chi connectivity index (χ4n) is 2.34. The average Bonchev–Trinajstić information content (AvgIpc) is 2.55. The molecule has 0 fully saturated rings. The fraction of sp³-hybridized carbons (Fsp3) is 0.278. The quantitative estimate of drug-likeness (QED) is 0.697. The second kappa shape index (κ2) is 8.89. The molecule has 0 atom stereocenters. The van der Waals surface area contributed by atoms with Crippen LogP contribution in [0.2, 0.25) is 0 Å². The zero-order chi connectivity index (χ0) is 17.5. The van der Waals surface area contributed by atoms with E-state index in [-0.39, 0.29) is 0 Å². The number of methoxy groups -OCH3 is 2. The van der Waals surface area contributed by atoms with Crippen molar-refractivity contribution in [3.05, 3.63) is 52.0 Å². The maximum absolute atomic E-state index is 5.38. The summed E-state index contributed by atoms with van der Waals surface area (Å²) in [5, 5.41) is 6.96. The smallest absolute Gasteiger partial charge is 0.170 e. The van der Waals surface area contributed by atoms with Gasteiger partial charge >= 0.3 is 0 Å². The molecule has 0 amide bonds. The summed E-state index contributed by atoms with van der Waals surface area (Å²) < 4.78 is 11.8. The molecule has 0 radical (unpaired) electrons. The van der Waals surface area contributed by atoms with Crippen molar-refractivity contribution in [2.75, 3.05) is 26.1 Å². The Morgan fingerprint density at radius 2 is 1.79 bits per heavy atom. The highest BCUT2D eigenvalue weighted by atomic mass is 79.9. The molecule has 0 aliphatic heterocycles. The van der Waals surface area contributed by atoms with Crippen molar-refractivity contribution in [2.45, 2.75) is 13.3 Å². The molecule has 2 aromatic carbocycles. The van der Waals surface area contributed by atoms with Gasteiger partial charge in [0.05, 0.1) is 19.9 Å². The van der Waals surface area contributed by atoms with Gasteiger partial charge in [-0.25, -0.2) is 0 Å². The second-order valence-corrected chi connectivity index (χ2v) is 6.61. The number of nitrogens with one attached hydrogen (secondary N) is 2. The first kappa shape index (κ1) is 18.5. The third-order valence-electron chi connectivity index (χ3n) is 3.53. The molecule has 0 saturated heterocycles. The summed E-state index contributed by atoms with van der Waals surface area (Å²) in [6.45, 7) is 2.73. The lowest BCUT2D eigenvalue weighted by molar-refractivity contribution is 0.409. The van der Waals surface area contributed by atoms with Crippen molar-refractivity contribution in [3.63, 3.8) is 0 Å². The average molecular weight is 409 g/mol. The molecule has 2 aromatic rings. The van der Waals surface area contributed by atoms with Crippen LogP contribution in [0.3, 0.4) is 0 Å². The van der Waals surface area contributed by atoms with E-state index in [4.69, 9.17) is 21.7 Å². The number of anilines is 1. The van der Waals surface area contributed by atoms with Gasteiger partial charge in [0, 0.05) is 11.0 Å². The molecule has 4 nitrogen and oxygen atoms in total. The number of thiocarbonyl (C=S) groups is 1. The topological polar surface area (TPSA) is 42.5 Å². The lowest BCUT2D eigenvalue weighted by Gasteiger charge is -2.15. The molecule has 0 bridgehead atoms. The molecule has 0 aliphatic carbocycles. The summed E-state index contributed by atoms with van der Waals surface area (Å²) in [4.78, 5) is 0. The van der Waals surface area contributed by atoms with E-state index < -0.39 is 0 Å². The van der Waals surface area contributed by atoms with Crippen molar-refractivity contribution < 1.29 is 9.47 Å². The van der Waals surface area contributed by atoms with E-state index in [0.29, 0.717) is 11.7 Å². The standard InChI is InChI=1S/C18H21BrN2O2S/c1-12-4-6-17(23-3)15(10-12)21-18(24)20-9-8-13-11-14(19)5-7-16(13)22-2/h4-7,10-11H,8-9H2,1-3H3,(H2,20,21,24). The molecule has 0 aromatic heterocycles. The Balaban J connectivity index is 1.92. The van der Waals surface area contributed by atoms with E-state index in [0.717, 1.165) is 39.2 Å². The second-order valence-electron chi connectivity index (χ2n) is 5.29. The summed E-state index contributed by atoms with van der Waals surface area (Å²) in [5.41, 5.74) is 3.12. The first-order chi connectivity index (χ1) is 11.5. The van der Waals surface area contributed by atoms with Gasteiger partial charge < -0.3 is 20.1 Å². The number of halogens is 1. The van der Waals surface area contributed by atoms with Crippen LogP contribution in [-0.4, -0.2) is 25.9 Å². The first-order valence-electron chi connectivity index (χ1n) is 7.55. The predicted octanol–water partition coefficient (Wildman–Crippen LogP) is 4.30. The Kier molecular flexibility index (Phi) is 6.87. The zero-order valence-corrected chi connectivity index (χ0v) is 16.4. The van der Waals surface area contributed by atoms with Crippen molar-refractivity contribution in [2.24, 2.45) is 0 Å². The van der Waals surface area contributed by atoms with Crippen LogP contribution >= 0.6 is 28.1 Å². The predicted molar refractivity (Wildman–Crippen MR) is 106 cm³/mol. The Labute approximate surface area is 156 Å². The van der Waals surface area contributed by atoms with Crippen LogP contribution < -0.4 is 20.1 Å². The van der Waals surface area contributed by atoms with E-state index in [1.165, 1.54) is 0 Å². The number of hydrogen-bond donors (Lipinski definition) is 2. The van der Waals surface area contributed by atoms with E-state index in [1.54, 1.807) is 14.2 Å². The molecule has 0 saturated carbocycles. The molecule has 128 valence electrons. The Bertz CT molecular complexity index is 722. The van der Waals surface area contributed by atoms with Crippen molar-refractivity contribution in [1.82, 2.24) is 5.32 Å². The van der Waals surface area contributed by atoms with Crippen LogP contribution in [0.15, 0.2) is 40.9 Å². The minimum atomic E-state index is 0.563. The minimum absolute atomic E-state index is 0.563. The highest BCUT2D eigenvalue weighted by Crippen LogP contribution is 2.25. The van der Waals surface area contributed by atoms with Gasteiger partial charge in [-0.05, 0) is 67.0 Å². The maximum Gasteiger partial charge on any atom is 0.170 e. The molecule has 0 heterocycles. The third-order valence-corrected chi connectivity index (χ3v) is 4.27. The van der Waals surface area contributed by atoms with Crippen molar-refractivity contribution in [1.29, 1.82) is 0 Å². The van der Waals surface area contributed by atoms with Crippen molar-refractivity contribution >= 4 is 38.9 Å². The Morgan fingerprint density at radius 3 is 2.50 bits per heavy atom. The highest BCUT2D eigenvalue weighted by Gasteiger charge is 2.07. The molecule has 2 rings (SSSR count). The number of hydrogen-bond acceptors (Lipinski definition) is 3. The Hall–Kier alpha value is -1.79. The monoisotopic (exact) mass is 408 g/mol. The molecule has 0 unspecified atom stereocenters. The van der Waals surface area contributed by atoms with Crippen molar-refractivity contribution in [3.8, 4) is 11.5 Å². The molecular weight excluding hydrogens is 388 g/mol. The number of rotatable bonds is 6. The summed E-state index contributed by atoms with van der Waals surface area (Å²) in [7, 11) is 3.32. The lowest BCUT2D eigenvalue weighted by atomic mass is 10.1. The lowest BCUT2D eigenvalue weighted by Crippen LogP contribution is -2.30. The van der Waals surface area contributed by atoms with Crippen LogP contribution in [0.4, 0.5) is 5.69 Å². The highest BCUT2D eigenvalue weighted by molar-refractivity contribution is 9.10. The minimum Gasteiger partial charge on any atom is -0.496 e. The molecule has 0 aliphatic rings. The first-order valence-corrected chi connectivity index (χ1v) is 8.75. The van der Waals surface area contributed by atoms with Crippen LogP contribution in [0.25, 0.3) is 0 Å². The number of benzene rings is 2. The summed E-state index contributed by atoms with van der Waals surface area (Å²) in [5.74, 6) is 1.64. The molecule has 2 N–H and O–H groups in total. The van der Waals surface area contributed by atoms with Gasteiger partial charge in [-0.15, -0.1) is 0 Å². The zero-order valence-electron chi connectivity index (χ0n) is 14.0. The van der Waals surface area contributed by atoms with E-state index >= 15 is 0 Å². The normalized spacial score (nSPS) is 10.2. The van der Waals surface area contributed by atoms with Crippen LogP contribution in [0.5, 0.6) is 11.5 Å². The Morgan fingerprint density at radius 1 is 1.08 bits per heavy atom. The van der Waals surface area contributed by atoms with Gasteiger partial charge in [-0.3, -0.25) is 0 Å². The van der Waals surface area contributed by atoms with E-state index in [2.05, 4.69) is 32.6 Å².